The number of allylic oxidation sites excluding steroid dienone is 1. The zero-order valence-electron chi connectivity index (χ0n) is 16.0. The zero-order chi connectivity index (χ0) is 18.2. The van der Waals surface area contributed by atoms with Crippen LogP contribution in [0.25, 0.3) is 0 Å². The molecule has 2 aliphatic carbocycles. The maximum Gasteiger partial charge on any atom is 0.123 e. The second-order valence-electron chi connectivity index (χ2n) is 8.59. The predicted octanol–water partition coefficient (Wildman–Crippen LogP) is 7.95. The van der Waals surface area contributed by atoms with Crippen molar-refractivity contribution in [2.45, 2.75) is 83.0 Å². The van der Waals surface area contributed by atoms with Crippen LogP contribution in [0.1, 0.15) is 88.5 Å². The van der Waals surface area contributed by atoms with E-state index in [0.29, 0.717) is 12.2 Å². The first-order valence-corrected chi connectivity index (χ1v) is 10.8. The lowest BCUT2D eigenvalue weighted by Crippen LogP contribution is -2.25. The summed E-state index contributed by atoms with van der Waals surface area (Å²) in [5.41, 5.74) is 1.33. The highest BCUT2D eigenvalue weighted by Crippen LogP contribution is 2.44. The summed E-state index contributed by atoms with van der Waals surface area (Å²) >= 11 is 0. The van der Waals surface area contributed by atoms with E-state index in [-0.39, 0.29) is 5.82 Å². The molecule has 2 fully saturated rings. The van der Waals surface area contributed by atoms with E-state index in [9.17, 15) is 8.78 Å². The van der Waals surface area contributed by atoms with Gasteiger partial charge in [0.15, 0.2) is 0 Å². The minimum Gasteiger partial charge on any atom is -0.216 e. The fraction of sp³-hybridized carbons (Fsp3) is 0.667. The van der Waals surface area contributed by atoms with Gasteiger partial charge in [-0.15, -0.1) is 0 Å². The molecular weight excluding hydrogens is 326 g/mol. The largest absolute Gasteiger partial charge is 0.216 e. The standard InChI is InChI=1S/C24H34F2/c25-18-4-2-1-3-5-19-6-8-20(9-7-19)21-10-12-22(13-11-21)23-14-16-24(26)17-15-23/h4,14-22H,1-3,5-13H2/b18-4+/t19-,20-,21-,22-. The van der Waals surface area contributed by atoms with Crippen molar-refractivity contribution in [3.63, 3.8) is 0 Å². The lowest BCUT2D eigenvalue weighted by atomic mass is 9.68. The van der Waals surface area contributed by atoms with E-state index in [1.54, 1.807) is 18.2 Å². The molecule has 144 valence electrons. The molecule has 0 saturated heterocycles. The van der Waals surface area contributed by atoms with Crippen molar-refractivity contribution < 1.29 is 8.78 Å². The molecular formula is C24H34F2. The first-order valence-electron chi connectivity index (χ1n) is 10.8. The molecule has 0 amide bonds. The molecule has 0 atom stereocenters. The van der Waals surface area contributed by atoms with Gasteiger partial charge in [0.1, 0.15) is 5.82 Å². The number of halogens is 2. The molecule has 0 aliphatic heterocycles. The van der Waals surface area contributed by atoms with Gasteiger partial charge >= 0.3 is 0 Å². The summed E-state index contributed by atoms with van der Waals surface area (Å²) in [6.45, 7) is 0. The maximum absolute atomic E-state index is 13.1. The van der Waals surface area contributed by atoms with Crippen molar-refractivity contribution in [2.75, 3.05) is 0 Å². The molecule has 0 unspecified atom stereocenters. The molecule has 0 radical (unpaired) electrons. The van der Waals surface area contributed by atoms with Crippen LogP contribution in [0.5, 0.6) is 0 Å². The molecule has 2 saturated carbocycles. The molecule has 0 aromatic heterocycles. The number of unbranched alkanes of at least 4 members (excludes halogenated alkanes) is 2. The molecule has 0 bridgehead atoms. The lowest BCUT2D eigenvalue weighted by Gasteiger charge is -2.38. The second kappa shape index (κ2) is 10.2. The minimum absolute atomic E-state index is 0.127. The minimum atomic E-state index is -0.127. The van der Waals surface area contributed by atoms with E-state index in [1.807, 2.05) is 12.1 Å². The molecule has 1 aromatic rings. The molecule has 2 aliphatic rings. The fourth-order valence-electron chi connectivity index (χ4n) is 5.37. The smallest absolute Gasteiger partial charge is 0.123 e. The van der Waals surface area contributed by atoms with E-state index in [4.69, 9.17) is 0 Å². The zero-order valence-corrected chi connectivity index (χ0v) is 16.0. The fourth-order valence-corrected chi connectivity index (χ4v) is 5.37. The number of hydrogen-bond acceptors (Lipinski definition) is 0. The van der Waals surface area contributed by atoms with Crippen molar-refractivity contribution >= 4 is 0 Å². The summed E-state index contributed by atoms with van der Waals surface area (Å²) in [6.07, 6.45) is 17.8. The Labute approximate surface area is 158 Å². The average molecular weight is 361 g/mol. The molecule has 2 heteroatoms. The summed E-state index contributed by atoms with van der Waals surface area (Å²) in [6, 6.07) is 7.18. The van der Waals surface area contributed by atoms with Crippen molar-refractivity contribution in [2.24, 2.45) is 17.8 Å². The van der Waals surface area contributed by atoms with E-state index in [2.05, 4.69) is 0 Å². The summed E-state index contributed by atoms with van der Waals surface area (Å²) in [5.74, 6) is 3.29. The number of rotatable bonds is 7. The first kappa shape index (κ1) is 19.6. The van der Waals surface area contributed by atoms with Gasteiger partial charge in [-0.05, 0) is 92.7 Å². The van der Waals surface area contributed by atoms with Crippen molar-refractivity contribution in [3.05, 3.63) is 48.1 Å². The maximum atomic E-state index is 13.1. The van der Waals surface area contributed by atoms with Crippen LogP contribution >= 0.6 is 0 Å². The van der Waals surface area contributed by atoms with Gasteiger partial charge in [0.25, 0.3) is 0 Å². The summed E-state index contributed by atoms with van der Waals surface area (Å²) in [4.78, 5) is 0. The quantitative estimate of drug-likeness (QED) is 0.433. The summed E-state index contributed by atoms with van der Waals surface area (Å²) in [5, 5.41) is 0. The van der Waals surface area contributed by atoms with Crippen LogP contribution in [0.4, 0.5) is 8.78 Å². The van der Waals surface area contributed by atoms with Crippen molar-refractivity contribution in [1.29, 1.82) is 0 Å². The molecule has 3 rings (SSSR count). The highest BCUT2D eigenvalue weighted by molar-refractivity contribution is 5.20. The third kappa shape index (κ3) is 5.66. The van der Waals surface area contributed by atoms with Crippen LogP contribution in [0.3, 0.4) is 0 Å². The van der Waals surface area contributed by atoms with Crippen molar-refractivity contribution in [3.8, 4) is 0 Å². The Morgan fingerprint density at radius 1 is 0.808 bits per heavy atom. The molecule has 1 aromatic carbocycles. The first-order chi connectivity index (χ1) is 12.8. The van der Waals surface area contributed by atoms with Gasteiger partial charge in [0.2, 0.25) is 0 Å². The molecule has 26 heavy (non-hydrogen) atoms. The Balaban J connectivity index is 1.35. The normalized spacial score (nSPS) is 29.9. The van der Waals surface area contributed by atoms with Crippen LogP contribution in [-0.4, -0.2) is 0 Å². The SMILES string of the molecule is F/C=C/CCCC[C@H]1CC[C@H]([C@H]2CC[C@H](c3ccc(F)cc3)CC2)CC1. The average Bonchev–Trinajstić information content (AvgIpc) is 2.69. The highest BCUT2D eigenvalue weighted by Gasteiger charge is 2.31. The van der Waals surface area contributed by atoms with Crippen LogP contribution in [-0.2, 0) is 0 Å². The van der Waals surface area contributed by atoms with Gasteiger partial charge in [-0.2, -0.15) is 0 Å². The van der Waals surface area contributed by atoms with Crippen LogP contribution in [0.15, 0.2) is 36.7 Å². The van der Waals surface area contributed by atoms with E-state index >= 15 is 0 Å². The van der Waals surface area contributed by atoms with Gasteiger partial charge < -0.3 is 0 Å². The molecule has 0 spiro atoms. The monoisotopic (exact) mass is 360 g/mol. The third-order valence-corrected chi connectivity index (χ3v) is 6.99. The number of benzene rings is 1. The van der Waals surface area contributed by atoms with Gasteiger partial charge in [-0.25, -0.2) is 8.78 Å². The Morgan fingerprint density at radius 3 is 2.04 bits per heavy atom. The lowest BCUT2D eigenvalue weighted by molar-refractivity contribution is 0.155. The Morgan fingerprint density at radius 2 is 1.42 bits per heavy atom. The Kier molecular flexibility index (Phi) is 7.70. The van der Waals surface area contributed by atoms with Gasteiger partial charge in [0.05, 0.1) is 6.33 Å². The predicted molar refractivity (Wildman–Crippen MR) is 105 cm³/mol. The second-order valence-corrected chi connectivity index (χ2v) is 8.59. The van der Waals surface area contributed by atoms with E-state index in [1.165, 1.54) is 69.8 Å². The Bertz CT molecular complexity index is 532. The summed E-state index contributed by atoms with van der Waals surface area (Å²) < 4.78 is 25.0. The van der Waals surface area contributed by atoms with Gasteiger partial charge in [-0.1, -0.05) is 43.9 Å². The van der Waals surface area contributed by atoms with Crippen LogP contribution in [0.2, 0.25) is 0 Å². The summed E-state index contributed by atoms with van der Waals surface area (Å²) in [7, 11) is 0. The van der Waals surface area contributed by atoms with Crippen LogP contribution in [0, 0.1) is 23.6 Å². The van der Waals surface area contributed by atoms with E-state index in [0.717, 1.165) is 30.6 Å². The highest BCUT2D eigenvalue weighted by atomic mass is 19.1. The Hall–Kier alpha value is -1.18. The van der Waals surface area contributed by atoms with Gasteiger partial charge in [0, 0.05) is 0 Å². The van der Waals surface area contributed by atoms with Crippen molar-refractivity contribution in [1.82, 2.24) is 0 Å². The van der Waals surface area contributed by atoms with Crippen LogP contribution < -0.4 is 0 Å². The molecule has 0 nitrogen and oxygen atoms in total. The third-order valence-electron chi connectivity index (χ3n) is 6.99. The van der Waals surface area contributed by atoms with Gasteiger partial charge in [-0.3, -0.25) is 0 Å². The molecule has 0 heterocycles. The molecule has 0 N–H and O–H groups in total. The van der Waals surface area contributed by atoms with E-state index < -0.39 is 0 Å². The topological polar surface area (TPSA) is 0 Å². The number of hydrogen-bond donors (Lipinski definition) is 0.